The zero-order valence-electron chi connectivity index (χ0n) is 31.6. The molecular weight excluding hydrogens is 649 g/mol. The van der Waals surface area contributed by atoms with Gasteiger partial charge < -0.3 is 0 Å². The van der Waals surface area contributed by atoms with Crippen LogP contribution >= 0.6 is 0 Å². The first kappa shape index (κ1) is 31.2. The molecule has 4 bridgehead atoms. The zero-order chi connectivity index (χ0) is 35.9. The Kier molecular flexibility index (Phi) is 6.32. The van der Waals surface area contributed by atoms with Gasteiger partial charge in [0.25, 0.3) is 0 Å². The summed E-state index contributed by atoms with van der Waals surface area (Å²) < 4.78 is 0. The van der Waals surface area contributed by atoms with Crippen LogP contribution < -0.4 is 0 Å². The summed E-state index contributed by atoms with van der Waals surface area (Å²) in [5.74, 6) is 3.24. The van der Waals surface area contributed by atoms with E-state index in [0.717, 1.165) is 11.8 Å². The molecule has 5 aliphatic rings. The fourth-order valence-electron chi connectivity index (χ4n) is 12.7. The van der Waals surface area contributed by atoms with Gasteiger partial charge in [-0.25, -0.2) is 0 Å². The third kappa shape index (κ3) is 4.15. The first-order valence-electron chi connectivity index (χ1n) is 20.5. The van der Waals surface area contributed by atoms with E-state index in [-0.39, 0.29) is 10.8 Å². The lowest BCUT2D eigenvalue weighted by atomic mass is 9.43. The van der Waals surface area contributed by atoms with Crippen LogP contribution in [0.3, 0.4) is 0 Å². The van der Waals surface area contributed by atoms with Crippen LogP contribution in [0.25, 0.3) is 76.5 Å². The molecule has 0 radical (unpaired) electrons. The van der Waals surface area contributed by atoms with Crippen LogP contribution in [0, 0.1) is 23.7 Å². The summed E-state index contributed by atoms with van der Waals surface area (Å²) in [7, 11) is 0. The molecule has 13 rings (SSSR count). The highest BCUT2D eigenvalue weighted by atomic mass is 14.6. The van der Waals surface area contributed by atoms with Gasteiger partial charge in [-0.1, -0.05) is 148 Å². The van der Waals surface area contributed by atoms with Crippen LogP contribution in [-0.2, 0) is 10.8 Å². The van der Waals surface area contributed by atoms with Gasteiger partial charge in [-0.15, -0.1) is 0 Å². The lowest BCUT2D eigenvalue weighted by molar-refractivity contribution is -0.0393. The van der Waals surface area contributed by atoms with E-state index in [0.29, 0.717) is 11.8 Å². The molecule has 0 heterocycles. The molecule has 0 saturated heterocycles. The molecule has 262 valence electrons. The second-order valence-electron chi connectivity index (χ2n) is 18.5. The maximum Gasteiger partial charge on any atom is 0.0278 e. The zero-order valence-corrected chi connectivity index (χ0v) is 31.6. The summed E-state index contributed by atoms with van der Waals surface area (Å²) in [6, 6.07) is 54.3. The topological polar surface area (TPSA) is 0 Å². The fourth-order valence-corrected chi connectivity index (χ4v) is 12.7. The van der Waals surface area contributed by atoms with Crippen LogP contribution in [0.4, 0.5) is 0 Å². The number of rotatable bonds is 2. The monoisotopic (exact) mass is 694 g/mol. The smallest absolute Gasteiger partial charge is 0.0278 e. The Balaban J connectivity index is 1.13. The van der Waals surface area contributed by atoms with E-state index >= 15 is 0 Å². The fraction of sp³-hybridized carbons (Fsp3) is 0.259. The molecule has 0 aromatic heterocycles. The van der Waals surface area contributed by atoms with Crippen LogP contribution in [0.15, 0.2) is 140 Å². The molecule has 4 fully saturated rings. The predicted molar refractivity (Wildman–Crippen MR) is 229 cm³/mol. The quantitative estimate of drug-likeness (QED) is 0.158. The number of fused-ring (bicyclic) bond motifs is 8. The molecular formula is C54H46. The summed E-state index contributed by atoms with van der Waals surface area (Å²) >= 11 is 0. The lowest BCUT2D eigenvalue weighted by Gasteiger charge is -2.61. The van der Waals surface area contributed by atoms with Gasteiger partial charge in [-0.2, -0.15) is 0 Å². The lowest BCUT2D eigenvalue weighted by Crippen LogP contribution is -2.55. The highest BCUT2D eigenvalue weighted by Gasteiger charge is 2.62. The second-order valence-corrected chi connectivity index (χ2v) is 18.5. The molecule has 0 heteroatoms. The summed E-state index contributed by atoms with van der Waals surface area (Å²) in [6.07, 6.45) is 7.02. The van der Waals surface area contributed by atoms with Crippen molar-refractivity contribution in [2.45, 2.75) is 63.7 Å². The molecule has 0 unspecified atom stereocenters. The van der Waals surface area contributed by atoms with Crippen molar-refractivity contribution in [2.24, 2.45) is 23.7 Å². The normalized spacial score (nSPS) is 23.9. The average molecular weight is 695 g/mol. The van der Waals surface area contributed by atoms with E-state index in [2.05, 4.69) is 160 Å². The molecule has 8 aromatic rings. The minimum Gasteiger partial charge on any atom is -0.0616 e. The second kappa shape index (κ2) is 10.9. The van der Waals surface area contributed by atoms with E-state index in [1.54, 1.807) is 11.1 Å². The van der Waals surface area contributed by atoms with Crippen molar-refractivity contribution in [3.05, 3.63) is 156 Å². The van der Waals surface area contributed by atoms with Crippen LogP contribution in [-0.4, -0.2) is 0 Å². The summed E-state index contributed by atoms with van der Waals surface area (Å²) in [6.45, 7) is 7.04. The van der Waals surface area contributed by atoms with Gasteiger partial charge in [0.05, 0.1) is 0 Å². The average Bonchev–Trinajstić information content (AvgIpc) is 3.48. The SMILES string of the molecule is CC(C)(C)c1ccc2c3c(ccc2c1)-c1ccc(-c2c4ccccc4c(-c4ccc5ccccc5c4)c4ccccc24)cc1C31C2CC3CC(C2)CC1C3. The van der Waals surface area contributed by atoms with Gasteiger partial charge in [0.15, 0.2) is 0 Å². The first-order chi connectivity index (χ1) is 26.4. The Labute approximate surface area is 318 Å². The predicted octanol–water partition coefficient (Wildman–Crippen LogP) is 14.7. The van der Waals surface area contributed by atoms with Gasteiger partial charge in [-0.3, -0.25) is 0 Å². The molecule has 0 amide bonds. The minimum atomic E-state index is 0.0769. The molecule has 5 aliphatic carbocycles. The molecule has 0 atom stereocenters. The van der Waals surface area contributed by atoms with Crippen molar-refractivity contribution in [2.75, 3.05) is 0 Å². The molecule has 0 N–H and O–H groups in total. The summed E-state index contributed by atoms with van der Waals surface area (Å²) in [5.41, 5.74) is 13.3. The van der Waals surface area contributed by atoms with E-state index < -0.39 is 0 Å². The molecule has 1 spiro atoms. The molecule has 8 aromatic carbocycles. The van der Waals surface area contributed by atoms with Crippen LogP contribution in [0.2, 0.25) is 0 Å². The van der Waals surface area contributed by atoms with Crippen molar-refractivity contribution >= 4 is 43.1 Å². The number of hydrogen-bond donors (Lipinski definition) is 0. The molecule has 54 heavy (non-hydrogen) atoms. The molecule has 0 aliphatic heterocycles. The van der Waals surface area contributed by atoms with Crippen molar-refractivity contribution < 1.29 is 0 Å². The Bertz CT molecular complexity index is 2790. The highest BCUT2D eigenvalue weighted by molar-refractivity contribution is 6.22. The third-order valence-electron chi connectivity index (χ3n) is 14.7. The van der Waals surface area contributed by atoms with E-state index in [4.69, 9.17) is 0 Å². The van der Waals surface area contributed by atoms with E-state index in [1.807, 2.05) is 0 Å². The van der Waals surface area contributed by atoms with Crippen molar-refractivity contribution in [1.82, 2.24) is 0 Å². The molecule has 0 nitrogen and oxygen atoms in total. The number of benzene rings is 8. The van der Waals surface area contributed by atoms with Gasteiger partial charge >= 0.3 is 0 Å². The first-order valence-corrected chi connectivity index (χ1v) is 20.5. The van der Waals surface area contributed by atoms with Gasteiger partial charge in [0.2, 0.25) is 0 Å². The van der Waals surface area contributed by atoms with Crippen LogP contribution in [0.1, 0.15) is 69.6 Å². The largest absolute Gasteiger partial charge is 0.0616 e. The Morgan fingerprint density at radius 1 is 0.444 bits per heavy atom. The van der Waals surface area contributed by atoms with Crippen molar-refractivity contribution in [3.8, 4) is 33.4 Å². The summed E-state index contributed by atoms with van der Waals surface area (Å²) in [5, 5.41) is 10.8. The van der Waals surface area contributed by atoms with Crippen molar-refractivity contribution in [3.63, 3.8) is 0 Å². The van der Waals surface area contributed by atoms with Gasteiger partial charge in [0.1, 0.15) is 0 Å². The Hall–Kier alpha value is -5.20. The maximum atomic E-state index is 2.71. The maximum absolute atomic E-state index is 2.71. The highest BCUT2D eigenvalue weighted by Crippen LogP contribution is 2.70. The van der Waals surface area contributed by atoms with E-state index in [1.165, 1.54) is 114 Å². The number of hydrogen-bond acceptors (Lipinski definition) is 0. The van der Waals surface area contributed by atoms with E-state index in [9.17, 15) is 0 Å². The third-order valence-corrected chi connectivity index (χ3v) is 14.7. The van der Waals surface area contributed by atoms with Crippen LogP contribution in [0.5, 0.6) is 0 Å². The van der Waals surface area contributed by atoms with Gasteiger partial charge in [0, 0.05) is 5.41 Å². The standard InChI is InChI=1S/C54H46/c1-53(2,3)39-20-23-42-36(30-39)18-22-48-43-21-19-38(31-49(43)54(52(42)48)40-25-32-24-33(27-40)28-41(54)26-32)51-46-14-8-6-12-44(46)50(45-13-7-9-15-47(45)51)37-17-16-34-10-4-5-11-35(34)29-37/h4-23,29-33,40-41H,24-28H2,1-3H3. The molecule has 4 saturated carbocycles. The van der Waals surface area contributed by atoms with Gasteiger partial charge in [-0.05, 0) is 166 Å². The Morgan fingerprint density at radius 2 is 0.981 bits per heavy atom. The van der Waals surface area contributed by atoms with Crippen molar-refractivity contribution in [1.29, 1.82) is 0 Å². The minimum absolute atomic E-state index is 0.0769. The summed E-state index contributed by atoms with van der Waals surface area (Å²) in [4.78, 5) is 0. The Morgan fingerprint density at radius 3 is 1.61 bits per heavy atom.